The van der Waals surface area contributed by atoms with Crippen molar-refractivity contribution in [1.29, 1.82) is 0 Å². The molecular formula is C20H23N7O. The van der Waals surface area contributed by atoms with E-state index in [-0.39, 0.29) is 5.91 Å². The minimum atomic E-state index is 0.197. The van der Waals surface area contributed by atoms with Crippen molar-refractivity contribution in [2.45, 2.75) is 12.8 Å². The number of nitrogens with one attached hydrogen (secondary N) is 1. The summed E-state index contributed by atoms with van der Waals surface area (Å²) in [5.74, 6) is 1.74. The molecule has 1 saturated heterocycles. The lowest BCUT2D eigenvalue weighted by atomic mass is 10.2. The summed E-state index contributed by atoms with van der Waals surface area (Å²) < 4.78 is 0. The van der Waals surface area contributed by atoms with Crippen LogP contribution in [0.5, 0.6) is 0 Å². The Morgan fingerprint density at radius 2 is 1.75 bits per heavy atom. The van der Waals surface area contributed by atoms with Crippen molar-refractivity contribution in [2.24, 2.45) is 0 Å². The Kier molecular flexibility index (Phi) is 5.56. The number of benzene rings is 1. The van der Waals surface area contributed by atoms with Crippen LogP contribution in [0.3, 0.4) is 0 Å². The van der Waals surface area contributed by atoms with Gasteiger partial charge in [-0.3, -0.25) is 4.79 Å². The number of anilines is 2. The number of aromatic nitrogens is 4. The fourth-order valence-corrected chi connectivity index (χ4v) is 3.36. The van der Waals surface area contributed by atoms with Gasteiger partial charge in [0, 0.05) is 56.9 Å². The number of hydrogen-bond donors (Lipinski definition) is 1. The highest BCUT2D eigenvalue weighted by atomic mass is 16.2. The largest absolute Gasteiger partial charge is 0.369 e. The van der Waals surface area contributed by atoms with E-state index in [0.29, 0.717) is 26.1 Å². The summed E-state index contributed by atoms with van der Waals surface area (Å²) in [6.07, 6.45) is 6.34. The fourth-order valence-electron chi connectivity index (χ4n) is 3.36. The van der Waals surface area contributed by atoms with Gasteiger partial charge in [0.25, 0.3) is 0 Å². The molecule has 1 N–H and O–H groups in total. The molecule has 2 aromatic heterocycles. The molecule has 3 aromatic rings. The molecule has 28 heavy (non-hydrogen) atoms. The van der Waals surface area contributed by atoms with Gasteiger partial charge in [-0.1, -0.05) is 12.1 Å². The van der Waals surface area contributed by atoms with Gasteiger partial charge >= 0.3 is 0 Å². The Bertz CT molecular complexity index is 921. The first-order valence-electron chi connectivity index (χ1n) is 9.54. The molecule has 0 unspecified atom stereocenters. The molecule has 1 amide bonds. The second-order valence-electron chi connectivity index (χ2n) is 6.69. The highest BCUT2D eigenvalue weighted by Gasteiger charge is 2.21. The number of rotatable bonds is 6. The molecule has 0 spiro atoms. The van der Waals surface area contributed by atoms with Gasteiger partial charge in [-0.2, -0.15) is 0 Å². The average molecular weight is 377 g/mol. The van der Waals surface area contributed by atoms with Crippen LogP contribution in [0.25, 0.3) is 10.9 Å². The summed E-state index contributed by atoms with van der Waals surface area (Å²) in [5.41, 5.74) is 0.913. The molecule has 0 radical (unpaired) electrons. The number of amides is 1. The third-order valence-electron chi connectivity index (χ3n) is 4.87. The van der Waals surface area contributed by atoms with Crippen LogP contribution in [-0.2, 0) is 4.79 Å². The molecule has 1 aromatic carbocycles. The fraction of sp³-hybridized carbons (Fsp3) is 0.350. The van der Waals surface area contributed by atoms with Crippen molar-refractivity contribution < 1.29 is 4.79 Å². The maximum Gasteiger partial charge on any atom is 0.225 e. The lowest BCUT2D eigenvalue weighted by Gasteiger charge is -2.34. The number of nitrogens with zero attached hydrogens (tertiary/aromatic N) is 6. The van der Waals surface area contributed by atoms with E-state index in [4.69, 9.17) is 0 Å². The van der Waals surface area contributed by atoms with Gasteiger partial charge < -0.3 is 15.1 Å². The zero-order chi connectivity index (χ0) is 19.2. The van der Waals surface area contributed by atoms with Crippen LogP contribution < -0.4 is 10.2 Å². The van der Waals surface area contributed by atoms with Gasteiger partial charge in [0.15, 0.2) is 0 Å². The monoisotopic (exact) mass is 377 g/mol. The molecule has 4 rings (SSSR count). The van der Waals surface area contributed by atoms with Crippen molar-refractivity contribution in [3.8, 4) is 0 Å². The molecule has 0 saturated carbocycles. The van der Waals surface area contributed by atoms with E-state index in [1.807, 2.05) is 35.2 Å². The maximum atomic E-state index is 12.5. The van der Waals surface area contributed by atoms with Crippen LogP contribution in [0.15, 0.2) is 49.1 Å². The minimum absolute atomic E-state index is 0.197. The van der Waals surface area contributed by atoms with Crippen molar-refractivity contribution >= 4 is 28.6 Å². The van der Waals surface area contributed by atoms with Crippen LogP contribution >= 0.6 is 0 Å². The maximum absolute atomic E-state index is 12.5. The van der Waals surface area contributed by atoms with E-state index in [0.717, 1.165) is 42.2 Å². The lowest BCUT2D eigenvalue weighted by Crippen LogP contribution is -2.49. The lowest BCUT2D eigenvalue weighted by molar-refractivity contribution is -0.131. The van der Waals surface area contributed by atoms with E-state index in [2.05, 4.69) is 30.2 Å². The molecule has 0 bridgehead atoms. The highest BCUT2D eigenvalue weighted by Crippen LogP contribution is 2.18. The average Bonchev–Trinajstić information content (AvgIpc) is 2.77. The normalized spacial score (nSPS) is 14.3. The summed E-state index contributed by atoms with van der Waals surface area (Å²) >= 11 is 0. The van der Waals surface area contributed by atoms with E-state index < -0.39 is 0 Å². The molecule has 0 atom stereocenters. The van der Waals surface area contributed by atoms with Gasteiger partial charge in [-0.15, -0.1) is 0 Å². The van der Waals surface area contributed by atoms with Crippen LogP contribution in [0.1, 0.15) is 12.8 Å². The summed E-state index contributed by atoms with van der Waals surface area (Å²) in [7, 11) is 0. The summed E-state index contributed by atoms with van der Waals surface area (Å²) in [5, 5.41) is 4.32. The Balaban J connectivity index is 1.22. The first kappa shape index (κ1) is 18.1. The third kappa shape index (κ3) is 4.16. The molecule has 8 nitrogen and oxygen atoms in total. The third-order valence-corrected chi connectivity index (χ3v) is 4.87. The van der Waals surface area contributed by atoms with Gasteiger partial charge in [-0.05, 0) is 24.6 Å². The number of hydrogen-bond acceptors (Lipinski definition) is 7. The zero-order valence-electron chi connectivity index (χ0n) is 15.7. The molecular weight excluding hydrogens is 354 g/mol. The minimum Gasteiger partial charge on any atom is -0.369 e. The van der Waals surface area contributed by atoms with Crippen molar-refractivity contribution in [3.63, 3.8) is 0 Å². The Morgan fingerprint density at radius 3 is 2.57 bits per heavy atom. The van der Waals surface area contributed by atoms with E-state index >= 15 is 0 Å². The quantitative estimate of drug-likeness (QED) is 0.657. The Labute approximate surface area is 163 Å². The van der Waals surface area contributed by atoms with Crippen LogP contribution in [0.4, 0.5) is 11.8 Å². The summed E-state index contributed by atoms with van der Waals surface area (Å²) in [6.45, 7) is 3.65. The molecule has 8 heteroatoms. The first-order valence-corrected chi connectivity index (χ1v) is 9.54. The SMILES string of the molecule is O=C(CCCNc1ncnc2ccccc12)N1CCN(c2ncccn2)CC1. The number of para-hydroxylation sites is 1. The van der Waals surface area contributed by atoms with E-state index in [1.54, 1.807) is 18.7 Å². The molecule has 1 aliphatic rings. The molecule has 1 aliphatic heterocycles. The van der Waals surface area contributed by atoms with Crippen LogP contribution in [0.2, 0.25) is 0 Å². The van der Waals surface area contributed by atoms with Gasteiger partial charge in [-0.25, -0.2) is 19.9 Å². The molecule has 144 valence electrons. The van der Waals surface area contributed by atoms with Crippen molar-refractivity contribution in [3.05, 3.63) is 49.1 Å². The van der Waals surface area contributed by atoms with Gasteiger partial charge in [0.2, 0.25) is 11.9 Å². The van der Waals surface area contributed by atoms with Gasteiger partial charge in [0.05, 0.1) is 5.52 Å². The van der Waals surface area contributed by atoms with Crippen molar-refractivity contribution in [1.82, 2.24) is 24.8 Å². The standard InChI is InChI=1S/C20H23N7O/c28-18(26-11-13-27(14-12-26)20-22-9-4-10-23-20)7-3-8-21-19-16-5-1-2-6-17(16)24-15-25-19/h1-2,4-6,9-10,15H,3,7-8,11-14H2,(H,21,24,25). The first-order chi connectivity index (χ1) is 13.8. The smallest absolute Gasteiger partial charge is 0.225 e. The summed E-state index contributed by atoms with van der Waals surface area (Å²) in [4.78, 5) is 33.7. The van der Waals surface area contributed by atoms with Crippen molar-refractivity contribution in [2.75, 3.05) is 42.9 Å². The topological polar surface area (TPSA) is 87.1 Å². The number of carbonyl (C=O) groups is 1. The van der Waals surface area contributed by atoms with Crippen LogP contribution in [0, 0.1) is 0 Å². The van der Waals surface area contributed by atoms with Crippen LogP contribution in [-0.4, -0.2) is 63.5 Å². The molecule has 1 fully saturated rings. The Morgan fingerprint density at radius 1 is 0.964 bits per heavy atom. The predicted octanol–water partition coefficient (Wildman–Crippen LogP) is 1.96. The summed E-state index contributed by atoms with van der Waals surface area (Å²) in [6, 6.07) is 9.70. The highest BCUT2D eigenvalue weighted by molar-refractivity contribution is 5.88. The predicted molar refractivity (Wildman–Crippen MR) is 108 cm³/mol. The number of fused-ring (bicyclic) bond motifs is 1. The van der Waals surface area contributed by atoms with Gasteiger partial charge in [0.1, 0.15) is 12.1 Å². The number of carbonyl (C=O) groups excluding carboxylic acids is 1. The Hall–Kier alpha value is -3.29. The second-order valence-corrected chi connectivity index (χ2v) is 6.69. The second kappa shape index (κ2) is 8.60. The molecule has 3 heterocycles. The number of piperazine rings is 1. The zero-order valence-corrected chi connectivity index (χ0v) is 15.7. The molecule has 0 aliphatic carbocycles. The van der Waals surface area contributed by atoms with E-state index in [1.165, 1.54) is 0 Å². The van der Waals surface area contributed by atoms with E-state index in [9.17, 15) is 4.79 Å².